The Morgan fingerprint density at radius 3 is 1.96 bits per heavy atom. The minimum Gasteiger partial charge on any atom is -0.497 e. The van der Waals surface area contributed by atoms with Gasteiger partial charge in [0, 0.05) is 0 Å². The second-order valence-corrected chi connectivity index (χ2v) is 5.25. The van der Waals surface area contributed by atoms with E-state index in [1.807, 2.05) is 43.3 Å². The van der Waals surface area contributed by atoms with Crippen molar-refractivity contribution in [2.45, 2.75) is 19.3 Å². The van der Waals surface area contributed by atoms with Gasteiger partial charge in [-0.15, -0.1) is 0 Å². The molecule has 1 atom stereocenters. The standard InChI is InChI=1S/C19H25NO3/c1-3-22-18-8-10-19(11-9-18)23-13-12-16(14-20)15-4-6-17(21-2)7-5-15/h4-11,16H,3,12-14,20H2,1-2H3. The molecule has 0 amide bonds. The minimum atomic E-state index is 0.281. The Hall–Kier alpha value is -2.20. The average molecular weight is 315 g/mol. The van der Waals surface area contributed by atoms with Gasteiger partial charge in [-0.3, -0.25) is 0 Å². The highest BCUT2D eigenvalue weighted by Crippen LogP contribution is 2.23. The summed E-state index contributed by atoms with van der Waals surface area (Å²) in [6.07, 6.45) is 0.871. The maximum atomic E-state index is 5.90. The number of hydrogen-bond donors (Lipinski definition) is 1. The van der Waals surface area contributed by atoms with Gasteiger partial charge in [-0.25, -0.2) is 0 Å². The molecule has 124 valence electrons. The van der Waals surface area contributed by atoms with Gasteiger partial charge < -0.3 is 19.9 Å². The van der Waals surface area contributed by atoms with E-state index in [-0.39, 0.29) is 5.92 Å². The van der Waals surface area contributed by atoms with Crippen molar-refractivity contribution in [3.05, 3.63) is 54.1 Å². The summed E-state index contributed by atoms with van der Waals surface area (Å²) in [4.78, 5) is 0. The normalized spacial score (nSPS) is 11.8. The predicted octanol–water partition coefficient (Wildman–Crippen LogP) is 3.61. The SMILES string of the molecule is CCOc1ccc(OCCC(CN)c2ccc(OC)cc2)cc1. The Balaban J connectivity index is 1.85. The van der Waals surface area contributed by atoms with Crippen LogP contribution in [0.4, 0.5) is 0 Å². The van der Waals surface area contributed by atoms with Crippen LogP contribution in [-0.2, 0) is 0 Å². The Labute approximate surface area is 138 Å². The molecule has 0 aliphatic heterocycles. The van der Waals surface area contributed by atoms with Crippen molar-refractivity contribution < 1.29 is 14.2 Å². The third-order valence-corrected chi connectivity index (χ3v) is 3.74. The molecule has 0 aliphatic rings. The molecule has 0 aromatic heterocycles. The first kappa shape index (κ1) is 17.2. The Bertz CT molecular complexity index is 566. The van der Waals surface area contributed by atoms with Crippen molar-refractivity contribution >= 4 is 0 Å². The maximum Gasteiger partial charge on any atom is 0.119 e. The Morgan fingerprint density at radius 1 is 0.870 bits per heavy atom. The minimum absolute atomic E-state index is 0.281. The van der Waals surface area contributed by atoms with E-state index in [2.05, 4.69) is 12.1 Å². The van der Waals surface area contributed by atoms with Crippen LogP contribution in [0, 0.1) is 0 Å². The van der Waals surface area contributed by atoms with Crippen LogP contribution in [0.3, 0.4) is 0 Å². The quantitative estimate of drug-likeness (QED) is 0.768. The van der Waals surface area contributed by atoms with Gasteiger partial charge in [0.15, 0.2) is 0 Å². The lowest BCUT2D eigenvalue weighted by Gasteiger charge is -2.16. The molecule has 4 heteroatoms. The lowest BCUT2D eigenvalue weighted by Crippen LogP contribution is -2.15. The number of benzene rings is 2. The highest BCUT2D eigenvalue weighted by Gasteiger charge is 2.10. The number of ether oxygens (including phenoxy) is 3. The van der Waals surface area contributed by atoms with Gasteiger partial charge in [0.2, 0.25) is 0 Å². The van der Waals surface area contributed by atoms with Gasteiger partial charge in [-0.2, -0.15) is 0 Å². The number of methoxy groups -OCH3 is 1. The smallest absolute Gasteiger partial charge is 0.119 e. The Kier molecular flexibility index (Phi) is 6.76. The summed E-state index contributed by atoms with van der Waals surface area (Å²) in [5.41, 5.74) is 7.12. The van der Waals surface area contributed by atoms with Gasteiger partial charge >= 0.3 is 0 Å². The first-order chi connectivity index (χ1) is 11.3. The van der Waals surface area contributed by atoms with Crippen molar-refractivity contribution in [2.24, 2.45) is 5.73 Å². The van der Waals surface area contributed by atoms with Crippen molar-refractivity contribution in [3.8, 4) is 17.2 Å². The fraction of sp³-hybridized carbons (Fsp3) is 0.368. The molecular formula is C19H25NO3. The summed E-state index contributed by atoms with van der Waals surface area (Å²) in [6.45, 7) is 3.86. The molecule has 23 heavy (non-hydrogen) atoms. The maximum absolute atomic E-state index is 5.90. The van der Waals surface area contributed by atoms with Gasteiger partial charge in [-0.1, -0.05) is 12.1 Å². The van der Waals surface area contributed by atoms with Crippen LogP contribution in [0.5, 0.6) is 17.2 Å². The number of rotatable bonds is 9. The van der Waals surface area contributed by atoms with Gasteiger partial charge in [0.1, 0.15) is 17.2 Å². The number of hydrogen-bond acceptors (Lipinski definition) is 4. The van der Waals surface area contributed by atoms with Crippen LogP contribution in [0.2, 0.25) is 0 Å². The van der Waals surface area contributed by atoms with Crippen LogP contribution in [-0.4, -0.2) is 26.9 Å². The summed E-state index contributed by atoms with van der Waals surface area (Å²) in [6, 6.07) is 15.7. The van der Waals surface area contributed by atoms with E-state index in [1.165, 1.54) is 5.56 Å². The summed E-state index contributed by atoms with van der Waals surface area (Å²) in [7, 11) is 1.67. The highest BCUT2D eigenvalue weighted by atomic mass is 16.5. The van der Waals surface area contributed by atoms with E-state index in [0.717, 1.165) is 23.7 Å². The first-order valence-electron chi connectivity index (χ1n) is 7.96. The average Bonchev–Trinajstić information content (AvgIpc) is 2.61. The van der Waals surface area contributed by atoms with Gasteiger partial charge in [0.25, 0.3) is 0 Å². The zero-order valence-electron chi connectivity index (χ0n) is 13.8. The van der Waals surface area contributed by atoms with Crippen molar-refractivity contribution in [3.63, 3.8) is 0 Å². The van der Waals surface area contributed by atoms with Crippen LogP contribution < -0.4 is 19.9 Å². The summed E-state index contributed by atoms with van der Waals surface area (Å²) in [5.74, 6) is 2.84. The molecule has 0 fully saturated rings. The molecule has 0 aliphatic carbocycles. The van der Waals surface area contributed by atoms with Crippen LogP contribution in [0.15, 0.2) is 48.5 Å². The zero-order valence-corrected chi connectivity index (χ0v) is 13.8. The van der Waals surface area contributed by atoms with Gasteiger partial charge in [-0.05, 0) is 67.8 Å². The van der Waals surface area contributed by atoms with Gasteiger partial charge in [0.05, 0.1) is 20.3 Å². The van der Waals surface area contributed by atoms with E-state index in [4.69, 9.17) is 19.9 Å². The highest BCUT2D eigenvalue weighted by molar-refractivity contribution is 5.31. The molecule has 1 unspecified atom stereocenters. The predicted molar refractivity (Wildman–Crippen MR) is 92.5 cm³/mol. The molecule has 2 rings (SSSR count). The van der Waals surface area contributed by atoms with E-state index in [1.54, 1.807) is 7.11 Å². The van der Waals surface area contributed by atoms with Crippen LogP contribution in [0.1, 0.15) is 24.8 Å². The topological polar surface area (TPSA) is 53.7 Å². The second-order valence-electron chi connectivity index (χ2n) is 5.25. The summed E-state index contributed by atoms with van der Waals surface area (Å²) in [5, 5.41) is 0. The monoisotopic (exact) mass is 315 g/mol. The molecule has 2 aromatic carbocycles. The molecule has 0 saturated carbocycles. The van der Waals surface area contributed by atoms with Crippen molar-refractivity contribution in [1.82, 2.24) is 0 Å². The molecule has 0 bridgehead atoms. The molecular weight excluding hydrogens is 290 g/mol. The second kappa shape index (κ2) is 9.06. The Morgan fingerprint density at radius 2 is 1.43 bits per heavy atom. The third kappa shape index (κ3) is 5.18. The van der Waals surface area contributed by atoms with Crippen LogP contribution >= 0.6 is 0 Å². The molecule has 0 spiro atoms. The third-order valence-electron chi connectivity index (χ3n) is 3.74. The lowest BCUT2D eigenvalue weighted by atomic mass is 9.96. The lowest BCUT2D eigenvalue weighted by molar-refractivity contribution is 0.296. The molecule has 2 aromatic rings. The van der Waals surface area contributed by atoms with E-state index < -0.39 is 0 Å². The fourth-order valence-corrected chi connectivity index (χ4v) is 2.41. The molecule has 0 heterocycles. The summed E-state index contributed by atoms with van der Waals surface area (Å²) < 4.78 is 16.4. The van der Waals surface area contributed by atoms with E-state index >= 15 is 0 Å². The fourth-order valence-electron chi connectivity index (χ4n) is 2.41. The van der Waals surface area contributed by atoms with Crippen LogP contribution in [0.25, 0.3) is 0 Å². The molecule has 4 nitrogen and oxygen atoms in total. The molecule has 2 N–H and O–H groups in total. The first-order valence-corrected chi connectivity index (χ1v) is 7.96. The molecule has 0 saturated heterocycles. The van der Waals surface area contributed by atoms with Crippen molar-refractivity contribution in [1.29, 1.82) is 0 Å². The zero-order chi connectivity index (χ0) is 16.5. The largest absolute Gasteiger partial charge is 0.497 e. The van der Waals surface area contributed by atoms with E-state index in [0.29, 0.717) is 19.8 Å². The summed E-state index contributed by atoms with van der Waals surface area (Å²) >= 11 is 0. The van der Waals surface area contributed by atoms with E-state index in [9.17, 15) is 0 Å². The van der Waals surface area contributed by atoms with Crippen molar-refractivity contribution in [2.75, 3.05) is 26.9 Å². The molecule has 0 radical (unpaired) electrons. The number of nitrogens with two attached hydrogens (primary N) is 1.